The number of carboxylic acid groups (broad SMARTS) is 1. The molecule has 2 rings (SSSR count). The topological polar surface area (TPSA) is 75.6 Å². The number of amides is 1. The van der Waals surface area contributed by atoms with Crippen molar-refractivity contribution in [2.75, 3.05) is 7.11 Å². The Balaban J connectivity index is 1.83. The largest absolute Gasteiger partial charge is 0.497 e. The van der Waals surface area contributed by atoms with Crippen LogP contribution in [0.2, 0.25) is 0 Å². The van der Waals surface area contributed by atoms with Gasteiger partial charge in [-0.15, -0.1) is 11.8 Å². The second kappa shape index (κ2) is 7.54. The summed E-state index contributed by atoms with van der Waals surface area (Å²) in [4.78, 5) is 24.1. The van der Waals surface area contributed by atoms with Crippen LogP contribution in [0.4, 0.5) is 0 Å². The Kier molecular flexibility index (Phi) is 5.71. The third-order valence-corrected chi connectivity index (χ3v) is 4.98. The average Bonchev–Trinajstić information content (AvgIpc) is 2.96. The predicted octanol–water partition coefficient (Wildman–Crippen LogP) is 2.55. The molecule has 6 heteroatoms. The maximum atomic E-state index is 12.2. The van der Waals surface area contributed by atoms with Crippen molar-refractivity contribution in [3.05, 3.63) is 24.3 Å². The van der Waals surface area contributed by atoms with E-state index in [0.717, 1.165) is 17.1 Å². The number of benzene rings is 1. The number of methoxy groups -OCH3 is 1. The van der Waals surface area contributed by atoms with Crippen molar-refractivity contribution in [2.45, 2.75) is 42.4 Å². The van der Waals surface area contributed by atoms with Gasteiger partial charge in [-0.2, -0.15) is 0 Å². The Morgan fingerprint density at radius 1 is 1.32 bits per heavy atom. The summed E-state index contributed by atoms with van der Waals surface area (Å²) in [5.41, 5.74) is 0. The molecule has 0 spiro atoms. The monoisotopic (exact) mass is 323 g/mol. The summed E-state index contributed by atoms with van der Waals surface area (Å²) >= 11 is 1.48. The molecule has 22 heavy (non-hydrogen) atoms. The highest BCUT2D eigenvalue weighted by Gasteiger charge is 2.31. The molecule has 0 aliphatic heterocycles. The highest BCUT2D eigenvalue weighted by atomic mass is 32.2. The van der Waals surface area contributed by atoms with Gasteiger partial charge in [0.05, 0.1) is 18.3 Å². The normalized spacial score (nSPS) is 22.1. The number of carbonyl (C=O) groups excluding carboxylic acids is 1. The molecule has 5 nitrogen and oxygen atoms in total. The Hall–Kier alpha value is -1.69. The first-order chi connectivity index (χ1) is 10.5. The van der Waals surface area contributed by atoms with Crippen LogP contribution in [-0.2, 0) is 9.59 Å². The first-order valence-corrected chi connectivity index (χ1v) is 8.21. The molecular weight excluding hydrogens is 302 g/mol. The van der Waals surface area contributed by atoms with Crippen molar-refractivity contribution in [3.8, 4) is 5.75 Å². The average molecular weight is 323 g/mol. The molecule has 1 aromatic rings. The van der Waals surface area contributed by atoms with E-state index < -0.39 is 5.97 Å². The predicted molar refractivity (Wildman–Crippen MR) is 85.2 cm³/mol. The van der Waals surface area contributed by atoms with Gasteiger partial charge in [0.25, 0.3) is 0 Å². The van der Waals surface area contributed by atoms with Crippen LogP contribution in [-0.4, -0.2) is 35.4 Å². The number of rotatable bonds is 6. The Bertz CT molecular complexity index is 531. The lowest BCUT2D eigenvalue weighted by atomic mass is 10.1. The van der Waals surface area contributed by atoms with Crippen LogP contribution in [0.5, 0.6) is 5.75 Å². The van der Waals surface area contributed by atoms with Gasteiger partial charge in [-0.1, -0.05) is 0 Å². The lowest BCUT2D eigenvalue weighted by molar-refractivity contribution is -0.141. The molecule has 1 aromatic carbocycles. The molecule has 0 heterocycles. The van der Waals surface area contributed by atoms with Crippen LogP contribution < -0.4 is 10.1 Å². The minimum absolute atomic E-state index is 0.0208. The SMILES string of the molecule is COc1ccc(SC(C)C(=O)N[C@H]2CC[C@@H](C(=O)O)C2)cc1. The zero-order valence-electron chi connectivity index (χ0n) is 12.7. The van der Waals surface area contributed by atoms with Crippen LogP contribution in [0.1, 0.15) is 26.2 Å². The van der Waals surface area contributed by atoms with Gasteiger partial charge in [0.15, 0.2) is 0 Å². The van der Waals surface area contributed by atoms with Gasteiger partial charge in [-0.3, -0.25) is 9.59 Å². The Labute approximate surface area is 134 Å². The van der Waals surface area contributed by atoms with E-state index in [9.17, 15) is 9.59 Å². The zero-order chi connectivity index (χ0) is 16.1. The van der Waals surface area contributed by atoms with Crippen LogP contribution in [0.3, 0.4) is 0 Å². The van der Waals surface area contributed by atoms with E-state index in [0.29, 0.717) is 12.8 Å². The number of thioether (sulfide) groups is 1. The Morgan fingerprint density at radius 2 is 2.00 bits per heavy atom. The quantitative estimate of drug-likeness (QED) is 0.787. The summed E-state index contributed by atoms with van der Waals surface area (Å²) in [5.74, 6) is -0.351. The van der Waals surface area contributed by atoms with E-state index in [1.54, 1.807) is 7.11 Å². The minimum atomic E-state index is -0.766. The molecular formula is C16H21NO4S. The maximum Gasteiger partial charge on any atom is 0.306 e. The molecule has 1 aliphatic carbocycles. The highest BCUT2D eigenvalue weighted by molar-refractivity contribution is 8.00. The summed E-state index contributed by atoms with van der Waals surface area (Å²) < 4.78 is 5.10. The van der Waals surface area contributed by atoms with Gasteiger partial charge in [0.2, 0.25) is 5.91 Å². The standard InChI is InChI=1S/C16H21NO4S/c1-10(22-14-7-5-13(21-2)6-8-14)15(18)17-12-4-3-11(9-12)16(19)20/h5-8,10-12H,3-4,9H2,1-2H3,(H,17,18)(H,19,20)/t10?,11-,12+/m1/s1. The van der Waals surface area contributed by atoms with E-state index in [2.05, 4.69) is 5.32 Å². The first-order valence-electron chi connectivity index (χ1n) is 7.33. The zero-order valence-corrected chi connectivity index (χ0v) is 13.6. The number of ether oxygens (including phenoxy) is 1. The molecule has 120 valence electrons. The number of aliphatic carboxylic acids is 1. The van der Waals surface area contributed by atoms with Gasteiger partial charge in [-0.05, 0) is 50.5 Å². The van der Waals surface area contributed by atoms with Gasteiger partial charge in [0.1, 0.15) is 5.75 Å². The molecule has 1 unspecified atom stereocenters. The summed E-state index contributed by atoms with van der Waals surface area (Å²) in [7, 11) is 1.62. The third-order valence-electron chi connectivity index (χ3n) is 3.87. The summed E-state index contributed by atoms with van der Waals surface area (Å²) in [6.45, 7) is 1.86. The number of carbonyl (C=O) groups is 2. The highest BCUT2D eigenvalue weighted by Crippen LogP contribution is 2.28. The molecule has 3 atom stereocenters. The van der Waals surface area contributed by atoms with Crippen molar-refractivity contribution in [1.29, 1.82) is 0 Å². The lowest BCUT2D eigenvalue weighted by Crippen LogP contribution is -2.38. The van der Waals surface area contributed by atoms with Gasteiger partial charge >= 0.3 is 5.97 Å². The molecule has 1 saturated carbocycles. The van der Waals surface area contributed by atoms with E-state index >= 15 is 0 Å². The number of nitrogens with one attached hydrogen (secondary N) is 1. The van der Waals surface area contributed by atoms with Crippen molar-refractivity contribution in [1.82, 2.24) is 5.32 Å². The van der Waals surface area contributed by atoms with Crippen molar-refractivity contribution in [3.63, 3.8) is 0 Å². The van der Waals surface area contributed by atoms with Crippen LogP contribution in [0.15, 0.2) is 29.2 Å². The summed E-state index contributed by atoms with van der Waals surface area (Å²) in [6.07, 6.45) is 1.91. The molecule has 0 aromatic heterocycles. The van der Waals surface area contributed by atoms with Crippen molar-refractivity contribution >= 4 is 23.6 Å². The molecule has 0 saturated heterocycles. The van der Waals surface area contributed by atoms with E-state index in [4.69, 9.17) is 9.84 Å². The second-order valence-corrected chi connectivity index (χ2v) is 6.90. The number of hydrogen-bond donors (Lipinski definition) is 2. The van der Waals surface area contributed by atoms with Crippen LogP contribution in [0, 0.1) is 5.92 Å². The minimum Gasteiger partial charge on any atom is -0.497 e. The van der Waals surface area contributed by atoms with Crippen LogP contribution >= 0.6 is 11.8 Å². The van der Waals surface area contributed by atoms with Crippen LogP contribution in [0.25, 0.3) is 0 Å². The molecule has 0 radical (unpaired) electrons. The van der Waals surface area contributed by atoms with Gasteiger partial charge < -0.3 is 15.2 Å². The molecule has 1 aliphatic rings. The first kappa shape index (κ1) is 16.7. The van der Waals surface area contributed by atoms with Crippen molar-refractivity contribution < 1.29 is 19.4 Å². The lowest BCUT2D eigenvalue weighted by Gasteiger charge is -2.16. The number of hydrogen-bond acceptors (Lipinski definition) is 4. The molecule has 0 bridgehead atoms. The maximum absolute atomic E-state index is 12.2. The van der Waals surface area contributed by atoms with E-state index in [1.165, 1.54) is 11.8 Å². The van der Waals surface area contributed by atoms with Gasteiger partial charge in [0, 0.05) is 10.9 Å². The van der Waals surface area contributed by atoms with E-state index in [-0.39, 0.29) is 23.1 Å². The summed E-state index contributed by atoms with van der Waals surface area (Å²) in [5, 5.41) is 11.7. The van der Waals surface area contributed by atoms with Gasteiger partial charge in [-0.25, -0.2) is 0 Å². The van der Waals surface area contributed by atoms with E-state index in [1.807, 2.05) is 31.2 Å². The molecule has 1 fully saturated rings. The molecule has 1 amide bonds. The fourth-order valence-electron chi connectivity index (χ4n) is 2.57. The fraction of sp³-hybridized carbons (Fsp3) is 0.500. The number of carboxylic acids is 1. The Morgan fingerprint density at radius 3 is 2.55 bits per heavy atom. The smallest absolute Gasteiger partial charge is 0.306 e. The second-order valence-electron chi connectivity index (χ2n) is 5.49. The fourth-order valence-corrected chi connectivity index (χ4v) is 3.44. The van der Waals surface area contributed by atoms with Crippen molar-refractivity contribution in [2.24, 2.45) is 5.92 Å². The third kappa shape index (κ3) is 4.40. The summed E-state index contributed by atoms with van der Waals surface area (Å²) in [6, 6.07) is 7.54. The molecule has 2 N–H and O–H groups in total.